The highest BCUT2D eigenvalue weighted by atomic mass is 32.1. The lowest BCUT2D eigenvalue weighted by atomic mass is 10.2. The van der Waals surface area contributed by atoms with Crippen LogP contribution in [0.4, 0.5) is 10.8 Å². The lowest BCUT2D eigenvalue weighted by molar-refractivity contribution is -0.120. The fourth-order valence-corrected chi connectivity index (χ4v) is 3.67. The number of hydrogen-bond acceptors (Lipinski definition) is 7. The molecule has 0 saturated carbocycles. The van der Waals surface area contributed by atoms with Gasteiger partial charge >= 0.3 is 0 Å². The number of anilines is 2. The maximum Gasteiger partial charge on any atom is 0.291 e. The fourth-order valence-electron chi connectivity index (χ4n) is 2.96. The van der Waals surface area contributed by atoms with E-state index in [1.807, 2.05) is 12.1 Å². The standard InChI is InChI=1S/C23H20N4O5S/c1-14-18(8-10-31-14)21(29)27-23-26-17(13-33-23)11-20(28)24-12-15-4-6-16(7-5-15)25-22(30)19-3-2-9-32-19/h2-10,13H,11-12H2,1H3,(H,24,28)(H,25,30)(H,26,27,29). The summed E-state index contributed by atoms with van der Waals surface area (Å²) in [4.78, 5) is 40.8. The first-order valence-corrected chi connectivity index (χ1v) is 10.9. The molecular weight excluding hydrogens is 444 g/mol. The second kappa shape index (κ2) is 9.96. The van der Waals surface area contributed by atoms with E-state index in [4.69, 9.17) is 8.83 Å². The topological polar surface area (TPSA) is 126 Å². The molecule has 0 aliphatic rings. The van der Waals surface area contributed by atoms with Gasteiger partial charge in [0.25, 0.3) is 11.8 Å². The highest BCUT2D eigenvalue weighted by Crippen LogP contribution is 2.18. The van der Waals surface area contributed by atoms with Gasteiger partial charge in [-0.2, -0.15) is 0 Å². The Bertz CT molecular complexity index is 1260. The highest BCUT2D eigenvalue weighted by molar-refractivity contribution is 7.14. The van der Waals surface area contributed by atoms with Gasteiger partial charge in [-0.25, -0.2) is 4.98 Å². The first-order valence-electron chi connectivity index (χ1n) is 9.98. The highest BCUT2D eigenvalue weighted by Gasteiger charge is 2.14. The zero-order valence-corrected chi connectivity index (χ0v) is 18.4. The van der Waals surface area contributed by atoms with Gasteiger partial charge in [0.15, 0.2) is 10.9 Å². The Morgan fingerprint density at radius 1 is 0.970 bits per heavy atom. The molecule has 10 heteroatoms. The van der Waals surface area contributed by atoms with Crippen molar-refractivity contribution in [1.29, 1.82) is 0 Å². The van der Waals surface area contributed by atoms with Crippen molar-refractivity contribution in [1.82, 2.24) is 10.3 Å². The first-order chi connectivity index (χ1) is 16.0. The van der Waals surface area contributed by atoms with Gasteiger partial charge in [0.1, 0.15) is 5.76 Å². The molecule has 0 aliphatic heterocycles. The van der Waals surface area contributed by atoms with Crippen molar-refractivity contribution in [3.05, 3.63) is 88.7 Å². The van der Waals surface area contributed by atoms with E-state index in [2.05, 4.69) is 20.9 Å². The maximum absolute atomic E-state index is 12.3. The summed E-state index contributed by atoms with van der Waals surface area (Å²) < 4.78 is 10.2. The number of carbonyl (C=O) groups excluding carboxylic acids is 3. The van der Waals surface area contributed by atoms with Crippen molar-refractivity contribution in [2.24, 2.45) is 0 Å². The van der Waals surface area contributed by atoms with Crippen LogP contribution in [0.2, 0.25) is 0 Å². The number of carbonyl (C=O) groups is 3. The molecule has 3 amide bonds. The van der Waals surface area contributed by atoms with Crippen LogP contribution in [0.15, 0.2) is 69.2 Å². The normalized spacial score (nSPS) is 10.6. The Labute approximate surface area is 192 Å². The number of rotatable bonds is 8. The minimum absolute atomic E-state index is 0.0917. The second-order valence-electron chi connectivity index (χ2n) is 7.07. The van der Waals surface area contributed by atoms with E-state index in [9.17, 15) is 14.4 Å². The van der Waals surface area contributed by atoms with Crippen LogP contribution in [0.25, 0.3) is 0 Å². The summed E-state index contributed by atoms with van der Waals surface area (Å²) in [5.41, 5.74) is 2.50. The summed E-state index contributed by atoms with van der Waals surface area (Å²) in [6.45, 7) is 2.04. The number of hydrogen-bond donors (Lipinski definition) is 3. The van der Waals surface area contributed by atoms with Crippen LogP contribution in [0, 0.1) is 6.92 Å². The van der Waals surface area contributed by atoms with Crippen LogP contribution >= 0.6 is 11.3 Å². The number of amides is 3. The minimum atomic E-state index is -0.334. The van der Waals surface area contributed by atoms with Crippen molar-refractivity contribution in [2.75, 3.05) is 10.6 Å². The molecule has 0 aliphatic carbocycles. The molecule has 3 heterocycles. The van der Waals surface area contributed by atoms with Crippen molar-refractivity contribution in [3.63, 3.8) is 0 Å². The molecule has 3 N–H and O–H groups in total. The summed E-state index contributed by atoms with van der Waals surface area (Å²) in [7, 11) is 0. The molecule has 0 fully saturated rings. The zero-order valence-electron chi connectivity index (χ0n) is 17.6. The summed E-state index contributed by atoms with van der Waals surface area (Å²) >= 11 is 1.25. The number of nitrogens with zero attached hydrogens (tertiary/aromatic N) is 1. The average Bonchev–Trinajstić information content (AvgIpc) is 3.56. The molecule has 4 rings (SSSR count). The maximum atomic E-state index is 12.3. The Hall–Kier alpha value is -4.18. The van der Waals surface area contributed by atoms with E-state index in [0.717, 1.165) is 5.56 Å². The van der Waals surface area contributed by atoms with Gasteiger partial charge < -0.3 is 19.5 Å². The molecule has 0 radical (unpaired) electrons. The van der Waals surface area contributed by atoms with Crippen LogP contribution < -0.4 is 16.0 Å². The smallest absolute Gasteiger partial charge is 0.291 e. The predicted octanol–water partition coefficient (Wildman–Crippen LogP) is 4.00. The molecule has 33 heavy (non-hydrogen) atoms. The van der Waals surface area contributed by atoms with Gasteiger partial charge in [0.2, 0.25) is 5.91 Å². The van der Waals surface area contributed by atoms with Gasteiger partial charge in [-0.1, -0.05) is 12.1 Å². The van der Waals surface area contributed by atoms with Crippen molar-refractivity contribution in [2.45, 2.75) is 19.9 Å². The van der Waals surface area contributed by atoms with Crippen LogP contribution in [-0.4, -0.2) is 22.7 Å². The molecule has 3 aromatic heterocycles. The first kappa shape index (κ1) is 22.0. The average molecular weight is 465 g/mol. The van der Waals surface area contributed by atoms with E-state index in [1.54, 1.807) is 42.6 Å². The Balaban J connectivity index is 1.24. The van der Waals surface area contributed by atoms with E-state index in [1.165, 1.54) is 23.9 Å². The van der Waals surface area contributed by atoms with Gasteiger partial charge in [-0.15, -0.1) is 11.3 Å². The van der Waals surface area contributed by atoms with Gasteiger partial charge in [0.05, 0.1) is 30.2 Å². The third-order valence-electron chi connectivity index (χ3n) is 4.66. The number of nitrogens with one attached hydrogen (secondary N) is 3. The Morgan fingerprint density at radius 3 is 2.48 bits per heavy atom. The van der Waals surface area contributed by atoms with Gasteiger partial charge in [-0.05, 0) is 42.8 Å². The Kier molecular flexibility index (Phi) is 6.65. The van der Waals surface area contributed by atoms with Gasteiger partial charge in [-0.3, -0.25) is 19.7 Å². The zero-order chi connectivity index (χ0) is 23.2. The summed E-state index contributed by atoms with van der Waals surface area (Å²) in [5.74, 6) is -0.0847. The van der Waals surface area contributed by atoms with E-state index >= 15 is 0 Å². The monoisotopic (exact) mass is 464 g/mol. The molecule has 0 saturated heterocycles. The quantitative estimate of drug-likeness (QED) is 0.362. The largest absolute Gasteiger partial charge is 0.469 e. The van der Waals surface area contributed by atoms with Crippen LogP contribution in [0.1, 0.15) is 37.9 Å². The van der Waals surface area contributed by atoms with E-state index in [0.29, 0.717) is 34.4 Å². The lowest BCUT2D eigenvalue weighted by Gasteiger charge is -2.07. The van der Waals surface area contributed by atoms with Crippen LogP contribution in [0.3, 0.4) is 0 Å². The van der Waals surface area contributed by atoms with E-state index < -0.39 is 0 Å². The van der Waals surface area contributed by atoms with Crippen LogP contribution in [-0.2, 0) is 17.8 Å². The third-order valence-corrected chi connectivity index (χ3v) is 5.47. The number of furan rings is 2. The second-order valence-corrected chi connectivity index (χ2v) is 7.93. The molecule has 1 aromatic carbocycles. The molecule has 9 nitrogen and oxygen atoms in total. The third kappa shape index (κ3) is 5.74. The molecule has 168 valence electrons. The number of aryl methyl sites for hydroxylation is 1. The van der Waals surface area contributed by atoms with Crippen LogP contribution in [0.5, 0.6) is 0 Å². The van der Waals surface area contributed by atoms with Crippen molar-refractivity contribution in [3.8, 4) is 0 Å². The van der Waals surface area contributed by atoms with Crippen molar-refractivity contribution < 1.29 is 23.2 Å². The summed E-state index contributed by atoms with van der Waals surface area (Å²) in [6.07, 6.45) is 2.98. The Morgan fingerprint density at radius 2 is 1.79 bits per heavy atom. The van der Waals surface area contributed by atoms with E-state index in [-0.39, 0.29) is 29.9 Å². The van der Waals surface area contributed by atoms with Crippen molar-refractivity contribution >= 4 is 39.9 Å². The predicted molar refractivity (Wildman–Crippen MR) is 122 cm³/mol. The fraction of sp³-hybridized carbons (Fsp3) is 0.130. The molecule has 0 bridgehead atoms. The lowest BCUT2D eigenvalue weighted by Crippen LogP contribution is -2.24. The number of aromatic nitrogens is 1. The molecule has 0 unspecified atom stereocenters. The summed E-state index contributed by atoms with van der Waals surface area (Å²) in [6, 6.07) is 11.9. The minimum Gasteiger partial charge on any atom is -0.469 e. The number of benzene rings is 1. The summed E-state index contributed by atoms with van der Waals surface area (Å²) in [5, 5.41) is 10.4. The molecule has 0 spiro atoms. The molecule has 4 aromatic rings. The molecular formula is C23H20N4O5S. The number of thiazole rings is 1. The van der Waals surface area contributed by atoms with Gasteiger partial charge in [0, 0.05) is 17.6 Å². The SMILES string of the molecule is Cc1occc1C(=O)Nc1nc(CC(=O)NCc2ccc(NC(=O)c3ccco3)cc2)cs1. The molecule has 0 atom stereocenters.